The van der Waals surface area contributed by atoms with E-state index in [-0.39, 0.29) is 17.0 Å². The third-order valence-corrected chi connectivity index (χ3v) is 3.28. The van der Waals surface area contributed by atoms with E-state index < -0.39 is 12.0 Å². The molecule has 0 radical (unpaired) electrons. The number of rotatable bonds is 6. The number of urea groups is 1. The Morgan fingerprint density at radius 1 is 1.00 bits per heavy atom. The number of hydrogen-bond acceptors (Lipinski definition) is 4. The van der Waals surface area contributed by atoms with Gasteiger partial charge >= 0.3 is 12.0 Å². The second kappa shape index (κ2) is 8.57. The summed E-state index contributed by atoms with van der Waals surface area (Å²) in [5.74, 6) is -0.526. The Balaban J connectivity index is 2.05. The maximum atomic E-state index is 12.1. The SMILES string of the molecule is CCCCOC(=O)c1ccccc1NC(=O)Nc1ccccc1O. The maximum absolute atomic E-state index is 12.1. The Labute approximate surface area is 140 Å². The summed E-state index contributed by atoms with van der Waals surface area (Å²) in [6.45, 7) is 2.35. The lowest BCUT2D eigenvalue weighted by atomic mass is 10.2. The van der Waals surface area contributed by atoms with Crippen LogP contribution in [0.4, 0.5) is 16.2 Å². The van der Waals surface area contributed by atoms with Crippen molar-refractivity contribution in [3.63, 3.8) is 0 Å². The van der Waals surface area contributed by atoms with Crippen molar-refractivity contribution in [3.05, 3.63) is 54.1 Å². The summed E-state index contributed by atoms with van der Waals surface area (Å²) in [4.78, 5) is 24.2. The molecule has 6 nitrogen and oxygen atoms in total. The number of phenols is 1. The molecule has 3 N–H and O–H groups in total. The number of esters is 1. The van der Waals surface area contributed by atoms with Crippen LogP contribution in [-0.4, -0.2) is 23.7 Å². The van der Waals surface area contributed by atoms with Crippen LogP contribution in [0.2, 0.25) is 0 Å². The summed E-state index contributed by atoms with van der Waals surface area (Å²) < 4.78 is 5.18. The van der Waals surface area contributed by atoms with Crippen LogP contribution in [0.3, 0.4) is 0 Å². The average Bonchev–Trinajstić information content (AvgIpc) is 2.57. The Kier molecular flexibility index (Phi) is 6.19. The van der Waals surface area contributed by atoms with Gasteiger partial charge in [-0.25, -0.2) is 9.59 Å². The molecule has 0 unspecified atom stereocenters. The number of ether oxygens (including phenoxy) is 1. The maximum Gasteiger partial charge on any atom is 0.340 e. The fourth-order valence-corrected chi connectivity index (χ4v) is 2.01. The van der Waals surface area contributed by atoms with Crippen molar-refractivity contribution in [2.45, 2.75) is 19.8 Å². The molecule has 0 aliphatic carbocycles. The smallest absolute Gasteiger partial charge is 0.340 e. The Hall–Kier alpha value is -3.02. The molecule has 0 saturated carbocycles. The molecule has 2 rings (SSSR count). The summed E-state index contributed by atoms with van der Waals surface area (Å²) in [6, 6.07) is 12.4. The number of carbonyl (C=O) groups excluding carboxylic acids is 2. The number of phenolic OH excluding ortho intramolecular Hbond substituents is 1. The van der Waals surface area contributed by atoms with Gasteiger partial charge in [0.1, 0.15) is 5.75 Å². The van der Waals surface area contributed by atoms with Crippen LogP contribution in [0.25, 0.3) is 0 Å². The van der Waals surface area contributed by atoms with Crippen molar-refractivity contribution in [1.82, 2.24) is 0 Å². The molecule has 2 aromatic rings. The Bertz CT molecular complexity index is 716. The largest absolute Gasteiger partial charge is 0.506 e. The summed E-state index contributed by atoms with van der Waals surface area (Å²) in [5.41, 5.74) is 0.894. The molecule has 0 aliphatic heterocycles. The molecule has 0 saturated heterocycles. The topological polar surface area (TPSA) is 87.7 Å². The summed E-state index contributed by atoms with van der Waals surface area (Å²) in [5, 5.41) is 14.8. The molecule has 2 amide bonds. The Morgan fingerprint density at radius 2 is 1.62 bits per heavy atom. The minimum atomic E-state index is -0.565. The van der Waals surface area contributed by atoms with Gasteiger partial charge in [-0.05, 0) is 30.7 Å². The quantitative estimate of drug-likeness (QED) is 0.425. The van der Waals surface area contributed by atoms with Crippen LogP contribution in [0.15, 0.2) is 48.5 Å². The van der Waals surface area contributed by atoms with Crippen LogP contribution in [0.5, 0.6) is 5.75 Å². The van der Waals surface area contributed by atoms with Crippen LogP contribution < -0.4 is 10.6 Å². The number of amides is 2. The number of benzene rings is 2. The van der Waals surface area contributed by atoms with Gasteiger partial charge in [0.05, 0.1) is 23.5 Å². The van der Waals surface area contributed by atoms with Crippen molar-refractivity contribution < 1.29 is 19.4 Å². The molecule has 0 bridgehead atoms. The van der Waals surface area contributed by atoms with E-state index in [2.05, 4.69) is 10.6 Å². The van der Waals surface area contributed by atoms with E-state index in [1.54, 1.807) is 42.5 Å². The van der Waals surface area contributed by atoms with Gasteiger partial charge in [-0.2, -0.15) is 0 Å². The number of aromatic hydroxyl groups is 1. The molecule has 0 fully saturated rings. The first-order chi connectivity index (χ1) is 11.6. The second-order valence-corrected chi connectivity index (χ2v) is 5.13. The monoisotopic (exact) mass is 328 g/mol. The molecule has 0 aromatic heterocycles. The molecule has 0 atom stereocenters. The highest BCUT2D eigenvalue weighted by Crippen LogP contribution is 2.22. The number of anilines is 2. The molecular weight excluding hydrogens is 308 g/mol. The standard InChI is InChI=1S/C18H20N2O4/c1-2-3-12-24-17(22)13-8-4-5-9-14(13)19-18(23)20-15-10-6-7-11-16(15)21/h4-11,21H,2-3,12H2,1H3,(H2,19,20,23). The molecule has 2 aromatic carbocycles. The molecule has 0 spiro atoms. The van der Waals surface area contributed by atoms with Gasteiger partial charge in [0.2, 0.25) is 0 Å². The van der Waals surface area contributed by atoms with Crippen LogP contribution in [-0.2, 0) is 4.74 Å². The van der Waals surface area contributed by atoms with Gasteiger partial charge in [-0.15, -0.1) is 0 Å². The van der Waals surface area contributed by atoms with E-state index in [9.17, 15) is 14.7 Å². The number of nitrogens with one attached hydrogen (secondary N) is 2. The van der Waals surface area contributed by atoms with Gasteiger partial charge in [-0.3, -0.25) is 0 Å². The Morgan fingerprint density at radius 3 is 2.33 bits per heavy atom. The van der Waals surface area contributed by atoms with Gasteiger partial charge < -0.3 is 20.5 Å². The first kappa shape index (κ1) is 17.3. The average molecular weight is 328 g/mol. The highest BCUT2D eigenvalue weighted by Gasteiger charge is 2.14. The van der Waals surface area contributed by atoms with E-state index >= 15 is 0 Å². The van der Waals surface area contributed by atoms with E-state index in [0.29, 0.717) is 12.3 Å². The molecule has 0 heterocycles. The van der Waals surface area contributed by atoms with Gasteiger partial charge in [-0.1, -0.05) is 37.6 Å². The number of unbranched alkanes of at least 4 members (excludes halogenated alkanes) is 1. The summed E-state index contributed by atoms with van der Waals surface area (Å²) in [7, 11) is 0. The normalized spacial score (nSPS) is 10.0. The molecule has 0 aliphatic rings. The highest BCUT2D eigenvalue weighted by atomic mass is 16.5. The number of carbonyl (C=O) groups is 2. The van der Waals surface area contributed by atoms with Gasteiger partial charge in [0.25, 0.3) is 0 Å². The molecular formula is C18H20N2O4. The van der Waals surface area contributed by atoms with Crippen molar-refractivity contribution in [2.24, 2.45) is 0 Å². The zero-order chi connectivity index (χ0) is 17.4. The first-order valence-corrected chi connectivity index (χ1v) is 7.74. The molecule has 126 valence electrons. The van der Waals surface area contributed by atoms with Crippen LogP contribution in [0.1, 0.15) is 30.1 Å². The summed E-state index contributed by atoms with van der Waals surface area (Å²) in [6.07, 6.45) is 1.71. The zero-order valence-electron chi connectivity index (χ0n) is 13.4. The molecule has 24 heavy (non-hydrogen) atoms. The summed E-state index contributed by atoms with van der Waals surface area (Å²) >= 11 is 0. The fourth-order valence-electron chi connectivity index (χ4n) is 2.01. The lowest BCUT2D eigenvalue weighted by molar-refractivity contribution is 0.0501. The lowest BCUT2D eigenvalue weighted by Crippen LogP contribution is -2.21. The van der Waals surface area contributed by atoms with Crippen molar-refractivity contribution in [2.75, 3.05) is 17.2 Å². The predicted molar refractivity (Wildman–Crippen MR) is 92.4 cm³/mol. The number of para-hydroxylation sites is 3. The third-order valence-electron chi connectivity index (χ3n) is 3.28. The van der Waals surface area contributed by atoms with Crippen molar-refractivity contribution in [3.8, 4) is 5.75 Å². The minimum absolute atomic E-state index is 0.0417. The first-order valence-electron chi connectivity index (χ1n) is 7.74. The van der Waals surface area contributed by atoms with Crippen molar-refractivity contribution in [1.29, 1.82) is 0 Å². The second-order valence-electron chi connectivity index (χ2n) is 5.13. The van der Waals surface area contributed by atoms with Crippen LogP contribution >= 0.6 is 0 Å². The number of hydrogen-bond donors (Lipinski definition) is 3. The van der Waals surface area contributed by atoms with E-state index in [1.165, 1.54) is 6.07 Å². The zero-order valence-corrected chi connectivity index (χ0v) is 13.4. The fraction of sp³-hybridized carbons (Fsp3) is 0.222. The minimum Gasteiger partial charge on any atom is -0.506 e. The van der Waals surface area contributed by atoms with Crippen LogP contribution in [0, 0.1) is 0 Å². The van der Waals surface area contributed by atoms with E-state index in [4.69, 9.17) is 4.74 Å². The predicted octanol–water partition coefficient (Wildman–Crippen LogP) is 3.99. The van der Waals surface area contributed by atoms with Crippen molar-refractivity contribution >= 4 is 23.4 Å². The third kappa shape index (κ3) is 4.74. The lowest BCUT2D eigenvalue weighted by Gasteiger charge is -2.12. The molecule has 6 heteroatoms. The van der Waals surface area contributed by atoms with Gasteiger partial charge in [0.15, 0.2) is 0 Å². The van der Waals surface area contributed by atoms with E-state index in [1.807, 2.05) is 6.92 Å². The van der Waals surface area contributed by atoms with Gasteiger partial charge in [0, 0.05) is 0 Å². The highest BCUT2D eigenvalue weighted by molar-refractivity contribution is 6.05. The van der Waals surface area contributed by atoms with E-state index in [0.717, 1.165) is 12.8 Å².